The van der Waals surface area contributed by atoms with E-state index < -0.39 is 15.8 Å². The van der Waals surface area contributed by atoms with Crippen molar-refractivity contribution in [2.24, 2.45) is 11.0 Å². The number of nitrogens with zero attached hydrogens (tertiary/aromatic N) is 1. The number of hydrogen-bond donors (Lipinski definition) is 1. The maximum absolute atomic E-state index is 12.2. The van der Waals surface area contributed by atoms with Gasteiger partial charge in [0.15, 0.2) is 9.84 Å². The van der Waals surface area contributed by atoms with Crippen LogP contribution in [0.15, 0.2) is 71.8 Å². The molecule has 134 valence electrons. The molecule has 6 heteroatoms. The largest absolute Gasteiger partial charge is 0.273 e. The van der Waals surface area contributed by atoms with Crippen LogP contribution in [-0.4, -0.2) is 31.5 Å². The van der Waals surface area contributed by atoms with Crippen molar-refractivity contribution in [2.75, 3.05) is 11.5 Å². The fraction of sp³-hybridized carbons (Fsp3) is 0.200. The van der Waals surface area contributed by atoms with Gasteiger partial charge in [-0.05, 0) is 18.1 Å². The van der Waals surface area contributed by atoms with E-state index in [0.717, 1.165) is 11.1 Å². The summed E-state index contributed by atoms with van der Waals surface area (Å²) in [6.07, 6.45) is 4.10. The summed E-state index contributed by atoms with van der Waals surface area (Å²) in [7, 11) is -3.10. The van der Waals surface area contributed by atoms with E-state index in [9.17, 15) is 13.2 Å². The average molecular weight is 368 g/mol. The van der Waals surface area contributed by atoms with Crippen molar-refractivity contribution in [3.8, 4) is 0 Å². The lowest BCUT2D eigenvalue weighted by atomic mass is 10.1. The molecule has 3 rings (SSSR count). The molecule has 26 heavy (non-hydrogen) atoms. The molecule has 0 saturated carbocycles. The Labute approximate surface area is 153 Å². The molecule has 1 fully saturated rings. The number of nitrogens with one attached hydrogen (secondary N) is 1. The number of sulfone groups is 1. The Balaban J connectivity index is 1.78. The van der Waals surface area contributed by atoms with Gasteiger partial charge >= 0.3 is 0 Å². The zero-order chi connectivity index (χ0) is 18.4. The maximum Gasteiger partial charge on any atom is 0.244 e. The van der Waals surface area contributed by atoms with Gasteiger partial charge in [-0.3, -0.25) is 4.79 Å². The van der Waals surface area contributed by atoms with Crippen LogP contribution >= 0.6 is 0 Å². The molecule has 0 aromatic heterocycles. The van der Waals surface area contributed by atoms with E-state index in [1.807, 2.05) is 72.8 Å². The Kier molecular flexibility index (Phi) is 5.63. The van der Waals surface area contributed by atoms with Crippen LogP contribution < -0.4 is 5.43 Å². The SMILES string of the molecule is O=C(N/N=C(\C=C\c1ccccc1)c1ccccc1)[C@@H]1CCS(=O)(=O)C1. The van der Waals surface area contributed by atoms with E-state index in [-0.39, 0.29) is 17.4 Å². The van der Waals surface area contributed by atoms with Crippen molar-refractivity contribution < 1.29 is 13.2 Å². The maximum atomic E-state index is 12.2. The van der Waals surface area contributed by atoms with Gasteiger partial charge in [0.1, 0.15) is 0 Å². The van der Waals surface area contributed by atoms with Gasteiger partial charge in [-0.15, -0.1) is 0 Å². The molecule has 1 aliphatic rings. The van der Waals surface area contributed by atoms with Crippen LogP contribution in [0.5, 0.6) is 0 Å². The van der Waals surface area contributed by atoms with Crippen LogP contribution in [0, 0.1) is 5.92 Å². The minimum absolute atomic E-state index is 0.0637. The van der Waals surface area contributed by atoms with Gasteiger partial charge < -0.3 is 0 Å². The molecule has 1 amide bonds. The van der Waals surface area contributed by atoms with E-state index in [0.29, 0.717) is 12.1 Å². The van der Waals surface area contributed by atoms with Crippen molar-refractivity contribution in [1.82, 2.24) is 5.43 Å². The quantitative estimate of drug-likeness (QED) is 0.651. The lowest BCUT2D eigenvalue weighted by Gasteiger charge is -2.07. The molecule has 0 unspecified atom stereocenters. The van der Waals surface area contributed by atoms with Crippen molar-refractivity contribution >= 4 is 27.5 Å². The van der Waals surface area contributed by atoms with E-state index >= 15 is 0 Å². The predicted molar refractivity (Wildman–Crippen MR) is 103 cm³/mol. The number of rotatable bonds is 5. The van der Waals surface area contributed by atoms with Gasteiger partial charge in [0.25, 0.3) is 0 Å². The van der Waals surface area contributed by atoms with E-state index in [1.54, 1.807) is 0 Å². The fourth-order valence-corrected chi connectivity index (χ4v) is 4.50. The molecule has 0 bridgehead atoms. The summed E-state index contributed by atoms with van der Waals surface area (Å²) >= 11 is 0. The third-order valence-electron chi connectivity index (χ3n) is 4.19. The molecule has 2 aromatic carbocycles. The summed E-state index contributed by atoms with van der Waals surface area (Å²) in [6.45, 7) is 0. The van der Waals surface area contributed by atoms with Gasteiger partial charge in [-0.2, -0.15) is 5.10 Å². The molecule has 1 atom stereocenters. The van der Waals surface area contributed by atoms with Crippen LogP contribution in [0.1, 0.15) is 17.5 Å². The van der Waals surface area contributed by atoms with E-state index in [1.165, 1.54) is 0 Å². The highest BCUT2D eigenvalue weighted by Crippen LogP contribution is 2.18. The summed E-state index contributed by atoms with van der Waals surface area (Å²) in [5, 5.41) is 4.24. The first-order valence-corrected chi connectivity index (χ1v) is 10.2. The second-order valence-corrected chi connectivity index (χ2v) is 8.41. The molecule has 1 N–H and O–H groups in total. The molecule has 5 nitrogen and oxygen atoms in total. The van der Waals surface area contributed by atoms with Gasteiger partial charge in [-0.25, -0.2) is 13.8 Å². The Morgan fingerprint density at radius 3 is 2.31 bits per heavy atom. The molecule has 0 radical (unpaired) electrons. The van der Waals surface area contributed by atoms with Crippen molar-refractivity contribution in [2.45, 2.75) is 6.42 Å². The van der Waals surface area contributed by atoms with Crippen molar-refractivity contribution in [1.29, 1.82) is 0 Å². The molecule has 1 aliphatic heterocycles. The van der Waals surface area contributed by atoms with Gasteiger partial charge in [0.05, 0.1) is 23.1 Å². The number of hydrazone groups is 1. The molecule has 2 aromatic rings. The average Bonchev–Trinajstić information content (AvgIpc) is 3.03. The molecule has 1 heterocycles. The number of allylic oxidation sites excluding steroid dienone is 1. The summed E-state index contributed by atoms with van der Waals surface area (Å²) in [5.74, 6) is -0.921. The van der Waals surface area contributed by atoms with Gasteiger partial charge in [-0.1, -0.05) is 66.7 Å². The van der Waals surface area contributed by atoms with Crippen LogP contribution in [0.3, 0.4) is 0 Å². The molecular weight excluding hydrogens is 348 g/mol. The molecule has 1 saturated heterocycles. The smallest absolute Gasteiger partial charge is 0.244 e. The normalized spacial score (nSPS) is 19.5. The Morgan fingerprint density at radius 2 is 1.69 bits per heavy atom. The van der Waals surface area contributed by atoms with Crippen LogP contribution in [0.2, 0.25) is 0 Å². The van der Waals surface area contributed by atoms with E-state index in [4.69, 9.17) is 0 Å². The number of amides is 1. The third-order valence-corrected chi connectivity index (χ3v) is 5.96. The second kappa shape index (κ2) is 8.10. The fourth-order valence-electron chi connectivity index (χ4n) is 2.75. The van der Waals surface area contributed by atoms with Crippen LogP contribution in [0.4, 0.5) is 0 Å². The lowest BCUT2D eigenvalue weighted by molar-refractivity contribution is -0.124. The summed E-state index contributed by atoms with van der Waals surface area (Å²) in [6, 6.07) is 19.3. The first kappa shape index (κ1) is 18.1. The number of carbonyl (C=O) groups is 1. The van der Waals surface area contributed by atoms with Crippen molar-refractivity contribution in [3.05, 3.63) is 77.9 Å². The van der Waals surface area contributed by atoms with Crippen LogP contribution in [-0.2, 0) is 14.6 Å². The summed E-state index contributed by atoms with van der Waals surface area (Å²) < 4.78 is 23.1. The first-order valence-electron chi connectivity index (χ1n) is 8.40. The number of benzene rings is 2. The summed E-state index contributed by atoms with van der Waals surface area (Å²) in [4.78, 5) is 12.2. The number of hydrogen-bond acceptors (Lipinski definition) is 4. The monoisotopic (exact) mass is 368 g/mol. The standard InChI is InChI=1S/C20H20N2O3S/c23-20(18-13-14-26(24,25)15-18)22-21-19(17-9-5-2-6-10-17)12-11-16-7-3-1-4-8-16/h1-12,18H,13-15H2,(H,22,23)/b12-11+,21-19+/t18-/m1/s1. The second-order valence-electron chi connectivity index (χ2n) is 6.18. The topological polar surface area (TPSA) is 75.6 Å². The third kappa shape index (κ3) is 4.89. The van der Waals surface area contributed by atoms with E-state index in [2.05, 4.69) is 10.5 Å². The highest BCUT2D eigenvalue weighted by molar-refractivity contribution is 7.91. The Bertz CT molecular complexity index is 920. The molecule has 0 aliphatic carbocycles. The number of carbonyl (C=O) groups excluding carboxylic acids is 1. The van der Waals surface area contributed by atoms with Crippen molar-refractivity contribution in [3.63, 3.8) is 0 Å². The first-order chi connectivity index (χ1) is 12.5. The zero-order valence-corrected chi connectivity index (χ0v) is 15.0. The summed E-state index contributed by atoms with van der Waals surface area (Å²) in [5.41, 5.74) is 5.01. The minimum Gasteiger partial charge on any atom is -0.273 e. The zero-order valence-electron chi connectivity index (χ0n) is 14.2. The lowest BCUT2D eigenvalue weighted by Crippen LogP contribution is -2.28. The highest BCUT2D eigenvalue weighted by Gasteiger charge is 2.32. The van der Waals surface area contributed by atoms with Crippen LogP contribution in [0.25, 0.3) is 6.08 Å². The predicted octanol–water partition coefficient (Wildman–Crippen LogP) is 2.66. The Hall–Kier alpha value is -2.73. The highest BCUT2D eigenvalue weighted by atomic mass is 32.2. The molecular formula is C20H20N2O3S. The van der Waals surface area contributed by atoms with Gasteiger partial charge in [0, 0.05) is 5.56 Å². The minimum atomic E-state index is -3.10. The Morgan fingerprint density at radius 1 is 1.04 bits per heavy atom. The molecule has 0 spiro atoms. The van der Waals surface area contributed by atoms with Gasteiger partial charge in [0.2, 0.25) is 5.91 Å².